The van der Waals surface area contributed by atoms with Gasteiger partial charge in [-0.1, -0.05) is 49.1 Å². The summed E-state index contributed by atoms with van der Waals surface area (Å²) in [6.45, 7) is 4.01. The highest BCUT2D eigenvalue weighted by molar-refractivity contribution is 6.05. The zero-order valence-electron chi connectivity index (χ0n) is 18.4. The molecule has 6 nitrogen and oxygen atoms in total. The maximum atomic E-state index is 13.9. The van der Waals surface area contributed by atoms with Crippen molar-refractivity contribution in [1.82, 2.24) is 24.1 Å². The molecule has 0 aliphatic heterocycles. The highest BCUT2D eigenvalue weighted by Crippen LogP contribution is 2.32. The van der Waals surface area contributed by atoms with Crippen LogP contribution in [0, 0.1) is 13.8 Å². The maximum absolute atomic E-state index is 13.9. The van der Waals surface area contributed by atoms with Gasteiger partial charge in [-0.15, -0.1) is 0 Å². The lowest BCUT2D eigenvalue weighted by molar-refractivity contribution is 0.339. The van der Waals surface area contributed by atoms with E-state index in [9.17, 15) is 4.79 Å². The van der Waals surface area contributed by atoms with E-state index in [2.05, 4.69) is 31.2 Å². The van der Waals surface area contributed by atoms with E-state index in [1.54, 1.807) is 0 Å². The van der Waals surface area contributed by atoms with Gasteiger partial charge in [-0.3, -0.25) is 13.9 Å². The van der Waals surface area contributed by atoms with E-state index < -0.39 is 0 Å². The summed E-state index contributed by atoms with van der Waals surface area (Å²) in [5, 5.41) is 0.565. The van der Waals surface area contributed by atoms with Crippen molar-refractivity contribution in [2.24, 2.45) is 0 Å². The predicted molar refractivity (Wildman–Crippen MR) is 128 cm³/mol. The minimum atomic E-state index is -0.000146. The molecule has 0 saturated heterocycles. The third kappa shape index (κ3) is 2.86. The molecule has 1 saturated carbocycles. The molecule has 1 aliphatic carbocycles. The lowest BCUT2D eigenvalue weighted by Crippen LogP contribution is -2.29. The third-order valence-corrected chi connectivity index (χ3v) is 6.72. The van der Waals surface area contributed by atoms with Gasteiger partial charge >= 0.3 is 0 Å². The second kappa shape index (κ2) is 7.26. The topological polar surface area (TPSA) is 65.6 Å². The summed E-state index contributed by atoms with van der Waals surface area (Å²) in [5.74, 6) is 0.759. The third-order valence-electron chi connectivity index (χ3n) is 6.72. The van der Waals surface area contributed by atoms with E-state index in [1.807, 2.05) is 40.3 Å². The molecule has 3 heterocycles. The molecule has 1 aliphatic rings. The Balaban J connectivity index is 1.76. The summed E-state index contributed by atoms with van der Waals surface area (Å²) >= 11 is 0. The fraction of sp³-hybridized carbons (Fsp3) is 0.308. The number of nitrogens with zero attached hydrogens (tertiary/aromatic N) is 5. The maximum Gasteiger partial charge on any atom is 0.265 e. The van der Waals surface area contributed by atoms with Gasteiger partial charge in [0.1, 0.15) is 16.7 Å². The minimum Gasteiger partial charge on any atom is -0.293 e. The van der Waals surface area contributed by atoms with Gasteiger partial charge in [0, 0.05) is 11.7 Å². The van der Waals surface area contributed by atoms with E-state index in [1.165, 1.54) is 12.0 Å². The molecule has 0 N–H and O–H groups in total. The fourth-order valence-corrected chi connectivity index (χ4v) is 5.12. The van der Waals surface area contributed by atoms with Gasteiger partial charge in [-0.05, 0) is 51.0 Å². The number of rotatable bonds is 2. The molecule has 1 fully saturated rings. The summed E-state index contributed by atoms with van der Waals surface area (Å²) in [6.07, 6.45) is 5.61. The fourth-order valence-electron chi connectivity index (χ4n) is 5.12. The van der Waals surface area contributed by atoms with E-state index >= 15 is 0 Å². The Kier molecular flexibility index (Phi) is 4.35. The number of hydrogen-bond acceptors (Lipinski definition) is 4. The van der Waals surface area contributed by atoms with Crippen molar-refractivity contribution in [3.63, 3.8) is 0 Å². The number of hydrogen-bond donors (Lipinski definition) is 0. The Bertz CT molecular complexity index is 1540. The van der Waals surface area contributed by atoms with E-state index in [0.717, 1.165) is 48.2 Å². The highest BCUT2D eigenvalue weighted by atomic mass is 16.1. The second-order valence-corrected chi connectivity index (χ2v) is 8.88. The number of fused-ring (bicyclic) bond motifs is 4. The van der Waals surface area contributed by atoms with Gasteiger partial charge in [0.2, 0.25) is 0 Å². The molecular weight excluding hydrogens is 398 g/mol. The minimum absolute atomic E-state index is 0.000146. The average Bonchev–Trinajstić information content (AvgIpc) is 3.12. The van der Waals surface area contributed by atoms with Crippen LogP contribution in [0.5, 0.6) is 0 Å². The van der Waals surface area contributed by atoms with Crippen LogP contribution in [0.2, 0.25) is 0 Å². The molecule has 0 amide bonds. The van der Waals surface area contributed by atoms with Crippen LogP contribution in [-0.4, -0.2) is 24.1 Å². The van der Waals surface area contributed by atoms with Gasteiger partial charge in [0.25, 0.3) is 5.56 Å². The van der Waals surface area contributed by atoms with Crippen molar-refractivity contribution in [2.45, 2.75) is 52.0 Å². The number of benzene rings is 2. The summed E-state index contributed by atoms with van der Waals surface area (Å²) in [4.78, 5) is 28.8. The van der Waals surface area contributed by atoms with Crippen molar-refractivity contribution < 1.29 is 0 Å². The van der Waals surface area contributed by atoms with Crippen molar-refractivity contribution in [1.29, 1.82) is 0 Å². The number of aryl methyl sites for hydroxylation is 2. The SMILES string of the molecule is Cc1ccc(-n2c3nc4ccccc4nc3c3c(=O)n(C4CCCCC4)c(C)nc32)cc1. The largest absolute Gasteiger partial charge is 0.293 e. The summed E-state index contributed by atoms with van der Waals surface area (Å²) < 4.78 is 3.90. The average molecular weight is 424 g/mol. The van der Waals surface area contributed by atoms with Crippen LogP contribution in [0.4, 0.5) is 0 Å². The van der Waals surface area contributed by atoms with Crippen molar-refractivity contribution in [3.05, 3.63) is 70.3 Å². The Morgan fingerprint density at radius 3 is 2.22 bits per heavy atom. The molecule has 6 rings (SSSR count). The lowest BCUT2D eigenvalue weighted by atomic mass is 9.95. The van der Waals surface area contributed by atoms with Gasteiger partial charge in [0.05, 0.1) is 11.0 Å². The number of para-hydroxylation sites is 2. The molecule has 0 spiro atoms. The van der Waals surface area contributed by atoms with Crippen LogP contribution in [0.15, 0.2) is 53.3 Å². The summed E-state index contributed by atoms with van der Waals surface area (Å²) in [5.41, 5.74) is 5.63. The van der Waals surface area contributed by atoms with Crippen LogP contribution in [0.1, 0.15) is 49.5 Å². The Hall–Kier alpha value is -3.54. The van der Waals surface area contributed by atoms with Gasteiger partial charge in [-0.25, -0.2) is 15.0 Å². The molecule has 0 unspecified atom stereocenters. The first-order chi connectivity index (χ1) is 15.6. The first-order valence-corrected chi connectivity index (χ1v) is 11.4. The first kappa shape index (κ1) is 19.2. The molecule has 3 aromatic heterocycles. The van der Waals surface area contributed by atoms with E-state index in [-0.39, 0.29) is 11.6 Å². The second-order valence-electron chi connectivity index (χ2n) is 8.88. The molecule has 0 atom stereocenters. The standard InChI is InChI=1S/C26H25N5O/c1-16-12-14-19(15-13-16)31-24-22(23-25(31)29-21-11-7-6-10-20(21)28-23)26(32)30(17(2)27-24)18-8-4-3-5-9-18/h6-7,10-15,18H,3-5,8-9H2,1-2H3. The van der Waals surface area contributed by atoms with Crippen LogP contribution in [0.25, 0.3) is 38.9 Å². The molecule has 2 aromatic carbocycles. The Labute approximate surface area is 185 Å². The molecule has 32 heavy (non-hydrogen) atoms. The van der Waals surface area contributed by atoms with Crippen LogP contribution < -0.4 is 5.56 Å². The summed E-state index contributed by atoms with van der Waals surface area (Å²) in [6, 6.07) is 16.2. The highest BCUT2D eigenvalue weighted by Gasteiger charge is 2.25. The van der Waals surface area contributed by atoms with Crippen molar-refractivity contribution in [3.8, 4) is 5.69 Å². The molecule has 6 heteroatoms. The van der Waals surface area contributed by atoms with Gasteiger partial charge in [0.15, 0.2) is 11.3 Å². The van der Waals surface area contributed by atoms with Crippen LogP contribution >= 0.6 is 0 Å². The predicted octanol–water partition coefficient (Wildman–Crippen LogP) is 5.41. The quantitative estimate of drug-likeness (QED) is 0.381. The zero-order chi connectivity index (χ0) is 21.8. The summed E-state index contributed by atoms with van der Waals surface area (Å²) in [7, 11) is 0. The van der Waals surface area contributed by atoms with Crippen molar-refractivity contribution >= 4 is 33.2 Å². The van der Waals surface area contributed by atoms with Gasteiger partial charge < -0.3 is 0 Å². The molecule has 0 bridgehead atoms. The molecular formula is C26H25N5O. The van der Waals surface area contributed by atoms with Crippen molar-refractivity contribution in [2.75, 3.05) is 0 Å². The smallest absolute Gasteiger partial charge is 0.265 e. The molecule has 5 aromatic rings. The molecule has 0 radical (unpaired) electrons. The zero-order valence-corrected chi connectivity index (χ0v) is 18.4. The van der Waals surface area contributed by atoms with E-state index in [4.69, 9.17) is 15.0 Å². The Morgan fingerprint density at radius 2 is 1.50 bits per heavy atom. The van der Waals surface area contributed by atoms with Crippen LogP contribution in [0.3, 0.4) is 0 Å². The van der Waals surface area contributed by atoms with Gasteiger partial charge in [-0.2, -0.15) is 0 Å². The number of aromatic nitrogens is 5. The lowest BCUT2D eigenvalue weighted by Gasteiger charge is -2.25. The monoisotopic (exact) mass is 423 g/mol. The van der Waals surface area contributed by atoms with E-state index in [0.29, 0.717) is 22.2 Å². The molecule has 160 valence electrons. The first-order valence-electron chi connectivity index (χ1n) is 11.4. The van der Waals surface area contributed by atoms with Crippen LogP contribution in [-0.2, 0) is 0 Å². The normalized spacial score (nSPS) is 15.2. The Morgan fingerprint density at radius 1 is 0.812 bits per heavy atom.